The number of nitrogens with one attached hydrogen (secondary N) is 2. The molecule has 0 aliphatic carbocycles. The van der Waals surface area contributed by atoms with E-state index < -0.39 is 0 Å². The molecule has 2 atom stereocenters. The van der Waals surface area contributed by atoms with E-state index in [0.29, 0.717) is 18.4 Å². The van der Waals surface area contributed by atoms with Crippen molar-refractivity contribution in [1.82, 2.24) is 15.6 Å². The summed E-state index contributed by atoms with van der Waals surface area (Å²) in [6.45, 7) is 7.88. The summed E-state index contributed by atoms with van der Waals surface area (Å²) in [5, 5.41) is 6.75. The van der Waals surface area contributed by atoms with Gasteiger partial charge in [-0.05, 0) is 36.6 Å². The van der Waals surface area contributed by atoms with Crippen molar-refractivity contribution in [3.05, 3.63) is 54.4 Å². The van der Waals surface area contributed by atoms with Crippen molar-refractivity contribution in [3.63, 3.8) is 0 Å². The minimum atomic E-state index is -0.0233. The molecule has 160 valence electrons. The number of benzene rings is 1. The van der Waals surface area contributed by atoms with E-state index in [0.717, 1.165) is 24.0 Å². The molecule has 2 N–H and O–H groups in total. The maximum Gasteiger partial charge on any atom is 0.191 e. The van der Waals surface area contributed by atoms with Crippen molar-refractivity contribution < 1.29 is 9.47 Å². The van der Waals surface area contributed by atoms with E-state index in [9.17, 15) is 0 Å². The van der Waals surface area contributed by atoms with Gasteiger partial charge in [0.1, 0.15) is 17.6 Å². The summed E-state index contributed by atoms with van der Waals surface area (Å²) in [7, 11) is 3.42. The Morgan fingerprint density at radius 2 is 1.79 bits per heavy atom. The second-order valence-corrected chi connectivity index (χ2v) is 7.08. The highest BCUT2D eigenvalue weighted by Gasteiger charge is 2.16. The van der Waals surface area contributed by atoms with Crippen molar-refractivity contribution in [3.8, 4) is 11.5 Å². The van der Waals surface area contributed by atoms with Crippen LogP contribution in [0.3, 0.4) is 0 Å². The van der Waals surface area contributed by atoms with Crippen LogP contribution < -0.4 is 20.1 Å². The van der Waals surface area contributed by atoms with Gasteiger partial charge in [-0.15, -0.1) is 24.0 Å². The number of pyridine rings is 1. The molecular weight excluding hydrogens is 479 g/mol. The molecule has 0 saturated heterocycles. The molecule has 0 aliphatic rings. The summed E-state index contributed by atoms with van der Waals surface area (Å²) in [6, 6.07) is 11.7. The second-order valence-electron chi connectivity index (χ2n) is 7.08. The summed E-state index contributed by atoms with van der Waals surface area (Å²) in [4.78, 5) is 8.57. The zero-order valence-corrected chi connectivity index (χ0v) is 20.2. The predicted octanol–water partition coefficient (Wildman–Crippen LogP) is 4.08. The van der Waals surface area contributed by atoms with E-state index in [1.165, 1.54) is 5.56 Å². The molecule has 1 heterocycles. The van der Waals surface area contributed by atoms with Gasteiger partial charge in [0.2, 0.25) is 0 Å². The van der Waals surface area contributed by atoms with Gasteiger partial charge < -0.3 is 20.1 Å². The van der Waals surface area contributed by atoms with E-state index >= 15 is 0 Å². The Morgan fingerprint density at radius 3 is 2.41 bits per heavy atom. The Kier molecular flexibility index (Phi) is 11.4. The summed E-state index contributed by atoms with van der Waals surface area (Å²) in [5.41, 5.74) is 1.23. The fraction of sp³-hybridized carbons (Fsp3) is 0.455. The number of halogens is 1. The van der Waals surface area contributed by atoms with Gasteiger partial charge in [0.05, 0.1) is 13.7 Å². The molecule has 7 heteroatoms. The van der Waals surface area contributed by atoms with Crippen LogP contribution in [0.4, 0.5) is 0 Å². The van der Waals surface area contributed by atoms with Crippen LogP contribution in [0.2, 0.25) is 0 Å². The first-order valence-corrected chi connectivity index (χ1v) is 9.68. The van der Waals surface area contributed by atoms with Gasteiger partial charge in [0.15, 0.2) is 5.96 Å². The Hall–Kier alpha value is -2.03. The van der Waals surface area contributed by atoms with Gasteiger partial charge in [-0.25, -0.2) is 0 Å². The number of hydrogen-bond donors (Lipinski definition) is 2. The van der Waals surface area contributed by atoms with Crippen LogP contribution in [0.25, 0.3) is 0 Å². The molecule has 0 fully saturated rings. The molecule has 0 saturated carbocycles. The lowest BCUT2D eigenvalue weighted by molar-refractivity contribution is 0.223. The molecule has 0 aliphatic heterocycles. The molecular formula is C22H33IN4O2. The Bertz CT molecular complexity index is 741. The van der Waals surface area contributed by atoms with Crippen molar-refractivity contribution in [1.29, 1.82) is 0 Å². The number of aromatic nitrogens is 1. The minimum Gasteiger partial charge on any atom is -0.497 e. The maximum absolute atomic E-state index is 5.95. The van der Waals surface area contributed by atoms with Crippen LogP contribution in [-0.4, -0.2) is 44.3 Å². The minimum absolute atomic E-state index is 0. The van der Waals surface area contributed by atoms with Crippen LogP contribution in [0.15, 0.2) is 53.8 Å². The molecule has 0 spiro atoms. The first kappa shape index (κ1) is 25.0. The molecule has 0 amide bonds. The number of ether oxygens (including phenoxy) is 2. The molecule has 2 rings (SSSR count). The van der Waals surface area contributed by atoms with Crippen LogP contribution in [0, 0.1) is 5.92 Å². The number of guanidine groups is 1. The van der Waals surface area contributed by atoms with E-state index in [-0.39, 0.29) is 30.1 Å². The number of rotatable bonds is 9. The fourth-order valence-corrected chi connectivity index (χ4v) is 2.95. The Morgan fingerprint density at radius 1 is 1.07 bits per heavy atom. The van der Waals surface area contributed by atoms with Gasteiger partial charge >= 0.3 is 0 Å². The predicted molar refractivity (Wildman–Crippen MR) is 130 cm³/mol. The molecule has 29 heavy (non-hydrogen) atoms. The van der Waals surface area contributed by atoms with Crippen molar-refractivity contribution in [2.75, 3.05) is 27.2 Å². The summed E-state index contributed by atoms with van der Waals surface area (Å²) in [6.07, 6.45) is 3.72. The van der Waals surface area contributed by atoms with E-state index in [1.54, 1.807) is 20.4 Å². The van der Waals surface area contributed by atoms with Gasteiger partial charge in [-0.2, -0.15) is 0 Å². The highest BCUT2D eigenvalue weighted by Crippen LogP contribution is 2.22. The van der Waals surface area contributed by atoms with Crippen LogP contribution in [-0.2, 0) is 0 Å². The topological polar surface area (TPSA) is 67.8 Å². The Balaban J connectivity index is 0.00000420. The van der Waals surface area contributed by atoms with Crippen LogP contribution in [0.5, 0.6) is 11.5 Å². The highest BCUT2D eigenvalue weighted by atomic mass is 127. The molecule has 0 bridgehead atoms. The first-order valence-electron chi connectivity index (χ1n) is 9.68. The fourth-order valence-electron chi connectivity index (χ4n) is 2.95. The number of aliphatic imine (C=N–C) groups is 1. The van der Waals surface area contributed by atoms with Gasteiger partial charge in [0.25, 0.3) is 0 Å². The van der Waals surface area contributed by atoms with Gasteiger partial charge in [0, 0.05) is 38.0 Å². The third-order valence-corrected chi connectivity index (χ3v) is 4.57. The second kappa shape index (κ2) is 13.2. The zero-order valence-electron chi connectivity index (χ0n) is 17.9. The average molecular weight is 512 g/mol. The highest BCUT2D eigenvalue weighted by molar-refractivity contribution is 14.0. The molecule has 2 aromatic rings. The summed E-state index contributed by atoms with van der Waals surface area (Å²) < 4.78 is 11.2. The lowest BCUT2D eigenvalue weighted by atomic mass is 9.89. The normalized spacial score (nSPS) is 13.2. The standard InChI is InChI=1S/C22H32N4O2.HI/c1-16(2)21(18-8-7-11-24-14-18)15-26-22(23-4)25-13-17(3)28-20-10-6-9-19(12-20)27-5;/h6-12,14,16-17,21H,13,15H2,1-5H3,(H2,23,25,26);1H. The molecule has 2 unspecified atom stereocenters. The summed E-state index contributed by atoms with van der Waals surface area (Å²) in [5.74, 6) is 3.18. The smallest absolute Gasteiger partial charge is 0.191 e. The van der Waals surface area contributed by atoms with Crippen LogP contribution in [0.1, 0.15) is 32.3 Å². The zero-order chi connectivity index (χ0) is 20.4. The van der Waals surface area contributed by atoms with Gasteiger partial charge in [-0.1, -0.05) is 26.0 Å². The monoisotopic (exact) mass is 512 g/mol. The lowest BCUT2D eigenvalue weighted by Crippen LogP contribution is -2.43. The van der Waals surface area contributed by atoms with Crippen LogP contribution >= 0.6 is 24.0 Å². The average Bonchev–Trinajstić information content (AvgIpc) is 2.71. The quantitative estimate of drug-likeness (QED) is 0.301. The maximum atomic E-state index is 5.95. The molecule has 6 nitrogen and oxygen atoms in total. The molecule has 0 radical (unpaired) electrons. The third kappa shape index (κ3) is 8.47. The van der Waals surface area contributed by atoms with Crippen molar-refractivity contribution in [2.45, 2.75) is 32.8 Å². The molecule has 1 aromatic heterocycles. The van der Waals surface area contributed by atoms with Crippen molar-refractivity contribution >= 4 is 29.9 Å². The SMILES string of the molecule is CN=C(NCC(C)Oc1cccc(OC)c1)NCC(c1cccnc1)C(C)C.I. The Labute approximate surface area is 191 Å². The first-order chi connectivity index (χ1) is 13.5. The third-order valence-electron chi connectivity index (χ3n) is 4.57. The summed E-state index contributed by atoms with van der Waals surface area (Å²) >= 11 is 0. The van der Waals surface area contributed by atoms with E-state index in [2.05, 4.69) is 40.5 Å². The number of nitrogens with zero attached hydrogens (tertiary/aromatic N) is 2. The largest absolute Gasteiger partial charge is 0.497 e. The van der Waals surface area contributed by atoms with E-state index in [1.807, 2.05) is 43.5 Å². The lowest BCUT2D eigenvalue weighted by Gasteiger charge is -2.23. The molecule has 1 aromatic carbocycles. The van der Waals surface area contributed by atoms with Crippen molar-refractivity contribution in [2.24, 2.45) is 10.9 Å². The van der Waals surface area contributed by atoms with E-state index in [4.69, 9.17) is 9.47 Å². The number of methoxy groups -OCH3 is 1. The number of hydrogen-bond acceptors (Lipinski definition) is 4. The van der Waals surface area contributed by atoms with Gasteiger partial charge in [-0.3, -0.25) is 9.98 Å².